The van der Waals surface area contributed by atoms with Crippen LogP contribution in [0.15, 0.2) is 47.4 Å². The topological polar surface area (TPSA) is 74.7 Å². The molecule has 0 unspecified atom stereocenters. The van der Waals surface area contributed by atoms with Crippen molar-refractivity contribution in [1.82, 2.24) is 4.90 Å². The number of hydrogen-bond donors (Lipinski definition) is 1. The molecule has 0 spiro atoms. The molecule has 1 aliphatic heterocycles. The predicted molar refractivity (Wildman–Crippen MR) is 95.5 cm³/mol. The molecule has 2 aromatic carbocycles. The SMILES string of the molecule is O=C(O)N1CCC(c2cc(F)ccc2F)(S(=O)(=O)c2ccc(Cl)cc2)CC1. The molecule has 1 fully saturated rings. The highest BCUT2D eigenvalue weighted by Gasteiger charge is 2.50. The van der Waals surface area contributed by atoms with Crippen LogP contribution < -0.4 is 0 Å². The quantitative estimate of drug-likeness (QED) is 0.820. The Kier molecular flexibility index (Phi) is 5.14. The lowest BCUT2D eigenvalue weighted by Gasteiger charge is -2.40. The summed E-state index contributed by atoms with van der Waals surface area (Å²) in [5.74, 6) is -1.62. The van der Waals surface area contributed by atoms with Crippen molar-refractivity contribution in [2.45, 2.75) is 22.5 Å². The molecular formula is C18H16ClF2NO4S. The first-order valence-electron chi connectivity index (χ1n) is 8.11. The van der Waals surface area contributed by atoms with Gasteiger partial charge in [-0.3, -0.25) is 0 Å². The molecule has 144 valence electrons. The minimum Gasteiger partial charge on any atom is -0.465 e. The van der Waals surface area contributed by atoms with E-state index in [9.17, 15) is 22.0 Å². The van der Waals surface area contributed by atoms with Crippen molar-refractivity contribution in [3.8, 4) is 0 Å². The van der Waals surface area contributed by atoms with Crippen molar-refractivity contribution in [3.63, 3.8) is 0 Å². The van der Waals surface area contributed by atoms with Crippen LogP contribution in [0.3, 0.4) is 0 Å². The first kappa shape index (κ1) is 19.6. The monoisotopic (exact) mass is 415 g/mol. The highest BCUT2D eigenvalue weighted by molar-refractivity contribution is 7.92. The van der Waals surface area contributed by atoms with Crippen LogP contribution in [-0.2, 0) is 14.6 Å². The number of carbonyl (C=O) groups is 1. The van der Waals surface area contributed by atoms with Crippen LogP contribution in [0.25, 0.3) is 0 Å². The van der Waals surface area contributed by atoms with Gasteiger partial charge in [0.05, 0.1) is 4.90 Å². The summed E-state index contributed by atoms with van der Waals surface area (Å²) in [6.45, 7) is -0.226. The second kappa shape index (κ2) is 7.09. The molecule has 1 amide bonds. The number of sulfone groups is 1. The summed E-state index contributed by atoms with van der Waals surface area (Å²) in [5, 5.41) is 9.49. The molecule has 0 aromatic heterocycles. The molecule has 9 heteroatoms. The third-order valence-corrected chi connectivity index (χ3v) is 7.70. The first-order valence-corrected chi connectivity index (χ1v) is 9.97. The number of nitrogens with zero attached hydrogens (tertiary/aromatic N) is 1. The molecule has 1 heterocycles. The lowest BCUT2D eigenvalue weighted by molar-refractivity contribution is 0.127. The molecule has 2 aromatic rings. The van der Waals surface area contributed by atoms with Crippen molar-refractivity contribution in [3.05, 3.63) is 64.7 Å². The van der Waals surface area contributed by atoms with Crippen LogP contribution in [0, 0.1) is 11.6 Å². The Morgan fingerprint density at radius 2 is 1.67 bits per heavy atom. The van der Waals surface area contributed by atoms with E-state index in [1.165, 1.54) is 24.3 Å². The summed E-state index contributed by atoms with van der Waals surface area (Å²) in [6.07, 6.45) is -1.57. The van der Waals surface area contributed by atoms with Gasteiger partial charge in [-0.05, 0) is 55.3 Å². The van der Waals surface area contributed by atoms with E-state index in [1.807, 2.05) is 0 Å². The summed E-state index contributed by atoms with van der Waals surface area (Å²) in [7, 11) is -4.17. The third kappa shape index (κ3) is 3.39. The smallest absolute Gasteiger partial charge is 0.407 e. The van der Waals surface area contributed by atoms with E-state index in [0.717, 1.165) is 23.1 Å². The zero-order valence-electron chi connectivity index (χ0n) is 14.0. The van der Waals surface area contributed by atoms with Crippen molar-refractivity contribution >= 4 is 27.5 Å². The van der Waals surface area contributed by atoms with Crippen molar-refractivity contribution < 1.29 is 27.1 Å². The zero-order valence-corrected chi connectivity index (χ0v) is 15.6. The van der Waals surface area contributed by atoms with Gasteiger partial charge in [0.2, 0.25) is 0 Å². The van der Waals surface area contributed by atoms with Crippen LogP contribution >= 0.6 is 11.6 Å². The molecular weight excluding hydrogens is 400 g/mol. The van der Waals surface area contributed by atoms with E-state index in [-0.39, 0.29) is 36.4 Å². The summed E-state index contributed by atoms with van der Waals surface area (Å²) in [5.41, 5.74) is -0.289. The molecule has 5 nitrogen and oxygen atoms in total. The van der Waals surface area contributed by atoms with E-state index < -0.39 is 32.3 Å². The molecule has 0 atom stereocenters. The van der Waals surface area contributed by atoms with Gasteiger partial charge in [-0.15, -0.1) is 0 Å². The van der Waals surface area contributed by atoms with Gasteiger partial charge in [-0.1, -0.05) is 11.6 Å². The molecule has 0 aliphatic carbocycles. The number of benzene rings is 2. The Bertz CT molecular complexity index is 971. The van der Waals surface area contributed by atoms with E-state index in [2.05, 4.69) is 0 Å². The van der Waals surface area contributed by atoms with Crippen LogP contribution in [0.5, 0.6) is 0 Å². The maximum Gasteiger partial charge on any atom is 0.407 e. The molecule has 1 N–H and O–H groups in total. The lowest BCUT2D eigenvalue weighted by atomic mass is 9.88. The third-order valence-electron chi connectivity index (χ3n) is 4.90. The Labute approximate surface area is 160 Å². The van der Waals surface area contributed by atoms with Crippen molar-refractivity contribution in [2.75, 3.05) is 13.1 Å². The number of rotatable bonds is 3. The van der Waals surface area contributed by atoms with Crippen LogP contribution in [-0.4, -0.2) is 37.6 Å². The molecule has 0 radical (unpaired) electrons. The average molecular weight is 416 g/mol. The Hall–Kier alpha value is -2.19. The van der Waals surface area contributed by atoms with Gasteiger partial charge in [0, 0.05) is 23.7 Å². The van der Waals surface area contributed by atoms with Crippen LogP contribution in [0.1, 0.15) is 18.4 Å². The van der Waals surface area contributed by atoms with Crippen LogP contribution in [0.4, 0.5) is 13.6 Å². The molecule has 0 saturated carbocycles. The van der Waals surface area contributed by atoms with E-state index in [0.29, 0.717) is 5.02 Å². The van der Waals surface area contributed by atoms with Gasteiger partial charge >= 0.3 is 6.09 Å². The second-order valence-electron chi connectivity index (χ2n) is 6.35. The first-order chi connectivity index (χ1) is 12.7. The predicted octanol–water partition coefficient (Wildman–Crippen LogP) is 4.06. The Morgan fingerprint density at radius 1 is 1.07 bits per heavy atom. The number of amides is 1. The highest BCUT2D eigenvalue weighted by atomic mass is 35.5. The lowest BCUT2D eigenvalue weighted by Crippen LogP contribution is -2.49. The largest absolute Gasteiger partial charge is 0.465 e. The fourth-order valence-corrected chi connectivity index (χ4v) is 5.67. The minimum atomic E-state index is -4.17. The summed E-state index contributed by atoms with van der Waals surface area (Å²) < 4.78 is 53.6. The van der Waals surface area contributed by atoms with E-state index >= 15 is 0 Å². The molecule has 1 saturated heterocycles. The minimum absolute atomic E-state index is 0.0839. The number of carboxylic acid groups (broad SMARTS) is 1. The maximum atomic E-state index is 14.6. The van der Waals surface area contributed by atoms with E-state index in [4.69, 9.17) is 16.7 Å². The highest BCUT2D eigenvalue weighted by Crippen LogP contribution is 2.45. The standard InChI is InChI=1S/C18H16ClF2NO4S/c19-12-1-4-14(5-2-12)27(25,26)18(7-9-22(10-8-18)17(23)24)15-11-13(20)3-6-16(15)21/h1-6,11H,7-10H2,(H,23,24). The van der Waals surface area contributed by atoms with Gasteiger partial charge in [0.25, 0.3) is 0 Å². The van der Waals surface area contributed by atoms with Crippen LogP contribution in [0.2, 0.25) is 5.02 Å². The summed E-state index contributed by atoms with van der Waals surface area (Å²) in [4.78, 5) is 12.2. The Balaban J connectivity index is 2.18. The molecule has 0 bridgehead atoms. The van der Waals surface area contributed by atoms with Crippen molar-refractivity contribution in [1.29, 1.82) is 0 Å². The zero-order chi connectivity index (χ0) is 19.8. The van der Waals surface area contributed by atoms with E-state index in [1.54, 1.807) is 0 Å². The summed E-state index contributed by atoms with van der Waals surface area (Å²) in [6, 6.07) is 8.08. The molecule has 27 heavy (non-hydrogen) atoms. The Morgan fingerprint density at radius 3 is 2.22 bits per heavy atom. The normalized spacial score (nSPS) is 16.9. The summed E-state index contributed by atoms with van der Waals surface area (Å²) >= 11 is 5.82. The molecule has 3 rings (SSSR count). The van der Waals surface area contributed by atoms with Gasteiger partial charge in [-0.25, -0.2) is 22.0 Å². The van der Waals surface area contributed by atoms with Gasteiger partial charge in [0.1, 0.15) is 16.4 Å². The number of likely N-dealkylation sites (tertiary alicyclic amines) is 1. The number of piperidine rings is 1. The maximum absolute atomic E-state index is 14.6. The number of hydrogen-bond acceptors (Lipinski definition) is 3. The van der Waals surface area contributed by atoms with Gasteiger partial charge in [-0.2, -0.15) is 0 Å². The average Bonchev–Trinajstić information content (AvgIpc) is 2.64. The van der Waals surface area contributed by atoms with Gasteiger partial charge < -0.3 is 10.0 Å². The number of halogens is 3. The van der Waals surface area contributed by atoms with Gasteiger partial charge in [0.15, 0.2) is 9.84 Å². The second-order valence-corrected chi connectivity index (χ2v) is 9.04. The molecule has 1 aliphatic rings. The fraction of sp³-hybridized carbons (Fsp3) is 0.278. The fourth-order valence-electron chi connectivity index (χ4n) is 3.43. The van der Waals surface area contributed by atoms with Crippen molar-refractivity contribution in [2.24, 2.45) is 0 Å².